The molecule has 122 valence electrons. The first-order valence-electron chi connectivity index (χ1n) is 7.12. The number of nitro groups is 1. The van der Waals surface area contributed by atoms with Crippen molar-refractivity contribution < 1.29 is 14.2 Å². The van der Waals surface area contributed by atoms with E-state index in [2.05, 4.69) is 15.8 Å². The molecule has 0 aliphatic carbocycles. The van der Waals surface area contributed by atoms with Gasteiger partial charge in [0, 0.05) is 18.2 Å². The molecule has 0 bridgehead atoms. The highest BCUT2D eigenvalue weighted by Gasteiger charge is 2.12. The molecule has 0 fully saturated rings. The highest BCUT2D eigenvalue weighted by Crippen LogP contribution is 2.21. The zero-order valence-electron chi connectivity index (χ0n) is 13.1. The maximum absolute atomic E-state index is 11.9. The van der Waals surface area contributed by atoms with E-state index in [0.29, 0.717) is 11.4 Å². The van der Waals surface area contributed by atoms with Crippen molar-refractivity contribution in [2.24, 2.45) is 0 Å². The van der Waals surface area contributed by atoms with Crippen LogP contribution >= 0.6 is 0 Å². The van der Waals surface area contributed by atoms with Crippen molar-refractivity contribution in [3.05, 3.63) is 51.4 Å². The number of nitrogens with one attached hydrogen (secondary N) is 2. The Kier molecular flexibility index (Phi) is 4.95. The summed E-state index contributed by atoms with van der Waals surface area (Å²) >= 11 is 0. The molecule has 1 aromatic heterocycles. The molecular weight excluding hydrogens is 300 g/mol. The SMILES string of the molecule is Cc1ccc([N+](=O)[O-])cc1NC(=O)NCc1cc(C(C)C)no1. The van der Waals surface area contributed by atoms with Gasteiger partial charge in [0.15, 0.2) is 5.76 Å². The lowest BCUT2D eigenvalue weighted by atomic mass is 10.1. The highest BCUT2D eigenvalue weighted by atomic mass is 16.6. The summed E-state index contributed by atoms with van der Waals surface area (Å²) in [6.07, 6.45) is 0. The third kappa shape index (κ3) is 4.29. The number of hydrogen-bond acceptors (Lipinski definition) is 5. The lowest BCUT2D eigenvalue weighted by Crippen LogP contribution is -2.28. The summed E-state index contributed by atoms with van der Waals surface area (Å²) < 4.78 is 5.12. The Morgan fingerprint density at radius 1 is 1.39 bits per heavy atom. The molecule has 23 heavy (non-hydrogen) atoms. The predicted octanol–water partition coefficient (Wildman–Crippen LogP) is 3.34. The minimum Gasteiger partial charge on any atom is -0.359 e. The number of nitro benzene ring substituents is 1. The molecule has 0 aliphatic rings. The van der Waals surface area contributed by atoms with Crippen LogP contribution < -0.4 is 10.6 Å². The van der Waals surface area contributed by atoms with Crippen molar-refractivity contribution in [3.63, 3.8) is 0 Å². The van der Waals surface area contributed by atoms with Gasteiger partial charge in [-0.2, -0.15) is 0 Å². The third-order valence-electron chi connectivity index (χ3n) is 3.27. The molecule has 0 spiro atoms. The molecule has 0 saturated carbocycles. The second-order valence-corrected chi connectivity index (χ2v) is 5.44. The topological polar surface area (TPSA) is 110 Å². The van der Waals surface area contributed by atoms with E-state index in [1.54, 1.807) is 19.1 Å². The van der Waals surface area contributed by atoms with Gasteiger partial charge in [0.25, 0.3) is 5.69 Å². The van der Waals surface area contributed by atoms with Crippen molar-refractivity contribution in [1.82, 2.24) is 10.5 Å². The number of carbonyl (C=O) groups excluding carboxylic acids is 1. The average Bonchev–Trinajstić information content (AvgIpc) is 2.96. The van der Waals surface area contributed by atoms with Gasteiger partial charge in [0.2, 0.25) is 0 Å². The van der Waals surface area contributed by atoms with Crippen LogP contribution in [0.1, 0.15) is 36.8 Å². The first-order valence-corrected chi connectivity index (χ1v) is 7.12. The van der Waals surface area contributed by atoms with Crippen molar-refractivity contribution >= 4 is 17.4 Å². The average molecular weight is 318 g/mol. The molecule has 0 unspecified atom stereocenters. The van der Waals surface area contributed by atoms with E-state index in [1.807, 2.05) is 13.8 Å². The Balaban J connectivity index is 1.96. The Morgan fingerprint density at radius 3 is 2.74 bits per heavy atom. The van der Waals surface area contributed by atoms with Crippen LogP contribution in [-0.2, 0) is 6.54 Å². The van der Waals surface area contributed by atoms with E-state index in [-0.39, 0.29) is 18.2 Å². The number of anilines is 1. The molecule has 1 heterocycles. The number of nitrogens with zero attached hydrogens (tertiary/aromatic N) is 2. The quantitative estimate of drug-likeness (QED) is 0.649. The highest BCUT2D eigenvalue weighted by molar-refractivity contribution is 5.90. The molecule has 2 rings (SSSR count). The van der Waals surface area contributed by atoms with Gasteiger partial charge in [-0.05, 0) is 18.4 Å². The number of rotatable bonds is 5. The number of urea groups is 1. The lowest BCUT2D eigenvalue weighted by molar-refractivity contribution is -0.384. The second kappa shape index (κ2) is 6.91. The number of amides is 2. The molecule has 8 heteroatoms. The molecule has 0 atom stereocenters. The van der Waals surface area contributed by atoms with Crippen molar-refractivity contribution in [2.45, 2.75) is 33.2 Å². The molecule has 1 aromatic carbocycles. The molecule has 8 nitrogen and oxygen atoms in total. The third-order valence-corrected chi connectivity index (χ3v) is 3.27. The molecule has 2 amide bonds. The lowest BCUT2D eigenvalue weighted by Gasteiger charge is -2.08. The summed E-state index contributed by atoms with van der Waals surface area (Å²) in [6.45, 7) is 5.92. The zero-order valence-corrected chi connectivity index (χ0v) is 13.1. The summed E-state index contributed by atoms with van der Waals surface area (Å²) in [5.41, 5.74) is 1.85. The first-order chi connectivity index (χ1) is 10.9. The Bertz CT molecular complexity index is 724. The van der Waals surface area contributed by atoms with Crippen molar-refractivity contribution in [1.29, 1.82) is 0 Å². The number of hydrogen-bond donors (Lipinski definition) is 2. The number of non-ortho nitro benzene ring substituents is 1. The Morgan fingerprint density at radius 2 is 2.13 bits per heavy atom. The maximum atomic E-state index is 11.9. The van der Waals surface area contributed by atoms with Crippen LogP contribution in [0.3, 0.4) is 0 Å². The molecule has 2 N–H and O–H groups in total. The van der Waals surface area contributed by atoms with Crippen LogP contribution in [0.2, 0.25) is 0 Å². The van der Waals surface area contributed by atoms with Crippen molar-refractivity contribution in [3.8, 4) is 0 Å². The second-order valence-electron chi connectivity index (χ2n) is 5.44. The number of aryl methyl sites for hydroxylation is 1. The fourth-order valence-corrected chi connectivity index (χ4v) is 1.88. The van der Waals surface area contributed by atoms with Gasteiger partial charge in [0.1, 0.15) is 0 Å². The van der Waals surface area contributed by atoms with Crippen LogP contribution in [0.25, 0.3) is 0 Å². The van der Waals surface area contributed by atoms with Crippen LogP contribution in [0.5, 0.6) is 0 Å². The summed E-state index contributed by atoms with van der Waals surface area (Å²) in [4.78, 5) is 22.2. The molecular formula is C15H18N4O4. The predicted molar refractivity (Wildman–Crippen MR) is 84.3 cm³/mol. The van der Waals surface area contributed by atoms with Crippen molar-refractivity contribution in [2.75, 3.05) is 5.32 Å². The molecule has 0 radical (unpaired) electrons. The fourth-order valence-electron chi connectivity index (χ4n) is 1.88. The number of aromatic nitrogens is 1. The van der Waals surface area contributed by atoms with Gasteiger partial charge in [-0.15, -0.1) is 0 Å². The number of carbonyl (C=O) groups is 1. The fraction of sp³-hybridized carbons (Fsp3) is 0.333. The summed E-state index contributed by atoms with van der Waals surface area (Å²) in [7, 11) is 0. The minimum atomic E-state index is -0.509. The smallest absolute Gasteiger partial charge is 0.319 e. The Labute approximate surface area is 133 Å². The standard InChI is InChI=1S/C15H18N4O4/c1-9(2)13-7-12(23-18-13)8-16-15(20)17-14-6-11(19(21)22)5-4-10(14)3/h4-7,9H,8H2,1-3H3,(H2,16,17,20). The van der Waals surface area contributed by atoms with E-state index in [1.165, 1.54) is 12.1 Å². The number of benzene rings is 1. The molecule has 0 aliphatic heterocycles. The van der Waals surface area contributed by atoms with E-state index < -0.39 is 11.0 Å². The van der Waals surface area contributed by atoms with Gasteiger partial charge < -0.3 is 15.2 Å². The van der Waals surface area contributed by atoms with Gasteiger partial charge in [-0.3, -0.25) is 10.1 Å². The monoisotopic (exact) mass is 318 g/mol. The Hall–Kier alpha value is -2.90. The van der Waals surface area contributed by atoms with Crippen LogP contribution in [0.15, 0.2) is 28.8 Å². The normalized spacial score (nSPS) is 10.6. The van der Waals surface area contributed by atoms with E-state index in [4.69, 9.17) is 4.52 Å². The van der Waals surface area contributed by atoms with Crippen LogP contribution in [0, 0.1) is 17.0 Å². The maximum Gasteiger partial charge on any atom is 0.319 e. The van der Waals surface area contributed by atoms with E-state index in [9.17, 15) is 14.9 Å². The molecule has 0 saturated heterocycles. The largest absolute Gasteiger partial charge is 0.359 e. The first kappa shape index (κ1) is 16.5. The van der Waals surface area contributed by atoms with E-state index >= 15 is 0 Å². The van der Waals surface area contributed by atoms with Crippen LogP contribution in [-0.4, -0.2) is 16.1 Å². The molecule has 2 aromatic rings. The van der Waals surface area contributed by atoms with Crippen LogP contribution in [0.4, 0.5) is 16.2 Å². The van der Waals surface area contributed by atoms with Gasteiger partial charge >= 0.3 is 6.03 Å². The zero-order chi connectivity index (χ0) is 17.0. The minimum absolute atomic E-state index is 0.0808. The van der Waals surface area contributed by atoms with Gasteiger partial charge in [-0.1, -0.05) is 25.1 Å². The summed E-state index contributed by atoms with van der Waals surface area (Å²) in [5, 5.41) is 19.9. The van der Waals surface area contributed by atoms with E-state index in [0.717, 1.165) is 11.3 Å². The summed E-state index contributed by atoms with van der Waals surface area (Å²) in [6, 6.07) is 5.60. The summed E-state index contributed by atoms with van der Waals surface area (Å²) in [5.74, 6) is 0.786. The van der Waals surface area contributed by atoms with Gasteiger partial charge in [0.05, 0.1) is 22.8 Å². The van der Waals surface area contributed by atoms with Gasteiger partial charge in [-0.25, -0.2) is 4.79 Å².